The third-order valence-corrected chi connectivity index (χ3v) is 7.15. The average Bonchev–Trinajstić information content (AvgIpc) is 3.40. The van der Waals surface area contributed by atoms with Gasteiger partial charge in [-0.15, -0.1) is 0 Å². The molecule has 1 aliphatic rings. The van der Waals surface area contributed by atoms with Crippen molar-refractivity contribution in [3.8, 4) is 0 Å². The van der Waals surface area contributed by atoms with Crippen molar-refractivity contribution in [3.63, 3.8) is 0 Å². The van der Waals surface area contributed by atoms with Crippen molar-refractivity contribution in [1.82, 2.24) is 19.5 Å². The second-order valence-electron chi connectivity index (χ2n) is 8.18. The molecule has 3 aromatic rings. The molecule has 13 heteroatoms. The lowest BCUT2D eigenvalue weighted by Gasteiger charge is -2.30. The number of hydrogen-bond donors (Lipinski definition) is 2. The topological polar surface area (TPSA) is 116 Å². The number of rotatable bonds is 10. The predicted octanol–water partition coefficient (Wildman–Crippen LogP) is 2.56. The van der Waals surface area contributed by atoms with Crippen LogP contribution in [0.25, 0.3) is 11.0 Å². The van der Waals surface area contributed by atoms with Crippen LogP contribution in [0, 0.1) is 5.92 Å². The van der Waals surface area contributed by atoms with Crippen molar-refractivity contribution in [3.05, 3.63) is 45.9 Å². The van der Waals surface area contributed by atoms with E-state index in [1.54, 1.807) is 12.3 Å². The van der Waals surface area contributed by atoms with Crippen LogP contribution in [-0.2, 0) is 21.6 Å². The molecule has 1 fully saturated rings. The molecule has 0 unspecified atom stereocenters. The molecule has 0 saturated heterocycles. The fourth-order valence-electron chi connectivity index (χ4n) is 4.34. The van der Waals surface area contributed by atoms with Gasteiger partial charge in [0, 0.05) is 31.7 Å². The Morgan fingerprint density at radius 3 is 2.63 bits per heavy atom. The highest BCUT2D eigenvalue weighted by Crippen LogP contribution is 2.40. The molecule has 0 bridgehead atoms. The zero-order chi connectivity index (χ0) is 25.2. The summed E-state index contributed by atoms with van der Waals surface area (Å²) in [6.07, 6.45) is 3.73. The third-order valence-electron chi connectivity index (χ3n) is 6.12. The Hall–Kier alpha value is -1.79. The SMILES string of the molecule is CCOC(Cc1c(Cl)nc[n+](OC[C@H]2CC[C@](O)(n3ccc4c(Cl)ncnc43)[C@@H]2O)c1Cl)OCC. The van der Waals surface area contributed by atoms with Crippen LogP contribution < -0.4 is 9.57 Å². The van der Waals surface area contributed by atoms with E-state index in [0.29, 0.717) is 42.7 Å². The molecule has 3 aromatic heterocycles. The van der Waals surface area contributed by atoms with Gasteiger partial charge in [0.15, 0.2) is 12.0 Å². The minimum absolute atomic E-state index is 0.0753. The van der Waals surface area contributed by atoms with Gasteiger partial charge in [0.05, 0.1) is 10.9 Å². The van der Waals surface area contributed by atoms with Gasteiger partial charge in [-0.3, -0.25) is 0 Å². The fraction of sp³-hybridized carbons (Fsp3) is 0.545. The van der Waals surface area contributed by atoms with Gasteiger partial charge >= 0.3 is 6.33 Å². The molecule has 1 aliphatic carbocycles. The lowest BCUT2D eigenvalue weighted by Crippen LogP contribution is -2.49. The molecular weight excluding hydrogens is 521 g/mol. The second-order valence-corrected chi connectivity index (χ2v) is 9.25. The van der Waals surface area contributed by atoms with Crippen LogP contribution >= 0.6 is 34.8 Å². The highest BCUT2D eigenvalue weighted by molar-refractivity contribution is 6.34. The molecule has 0 amide bonds. The molecule has 0 radical (unpaired) electrons. The summed E-state index contributed by atoms with van der Waals surface area (Å²) < 4.78 is 14.0. The lowest BCUT2D eigenvalue weighted by molar-refractivity contribution is -0.893. The Morgan fingerprint density at radius 1 is 1.17 bits per heavy atom. The average molecular weight is 548 g/mol. The van der Waals surface area contributed by atoms with Crippen LogP contribution in [0.3, 0.4) is 0 Å². The molecular formula is C22H27Cl3N5O5+. The Balaban J connectivity index is 1.49. The predicted molar refractivity (Wildman–Crippen MR) is 128 cm³/mol. The summed E-state index contributed by atoms with van der Waals surface area (Å²) in [6, 6.07) is 1.71. The van der Waals surface area contributed by atoms with Crippen molar-refractivity contribution in [2.24, 2.45) is 5.92 Å². The first-order chi connectivity index (χ1) is 16.8. The standard InChI is InChI=1S/C22H27Cl3N5O5/c1-3-33-16(34-4-2)9-15-19(24)28-12-30(20(15)25)35-10-13-5-7-22(32,17(13)31)29-8-6-14-18(23)26-11-27-21(14)29/h6,8,11-13,16-17,31-32H,3-5,7,9-10H2,1-2H3/q+1/t13-,17-,22-/m1/s1. The molecule has 4 rings (SSSR count). The van der Waals surface area contributed by atoms with Crippen molar-refractivity contribution in [1.29, 1.82) is 0 Å². The Labute approximate surface area is 217 Å². The Kier molecular flexibility index (Phi) is 8.32. The largest absolute Gasteiger partial charge is 0.388 e. The molecule has 3 atom stereocenters. The number of ether oxygens (including phenoxy) is 2. The molecule has 35 heavy (non-hydrogen) atoms. The quantitative estimate of drug-likeness (QED) is 0.226. The molecule has 2 N–H and O–H groups in total. The number of aliphatic hydroxyl groups is 2. The summed E-state index contributed by atoms with van der Waals surface area (Å²) in [7, 11) is 0. The van der Waals surface area contributed by atoms with E-state index in [2.05, 4.69) is 15.0 Å². The zero-order valence-electron chi connectivity index (χ0n) is 19.3. The molecule has 10 nitrogen and oxygen atoms in total. The van der Waals surface area contributed by atoms with Crippen molar-refractivity contribution in [2.75, 3.05) is 19.8 Å². The monoisotopic (exact) mass is 546 g/mol. The van der Waals surface area contributed by atoms with Gasteiger partial charge in [0.1, 0.15) is 29.8 Å². The van der Waals surface area contributed by atoms with E-state index in [1.807, 2.05) is 13.8 Å². The van der Waals surface area contributed by atoms with Crippen molar-refractivity contribution >= 4 is 45.8 Å². The van der Waals surface area contributed by atoms with E-state index in [-0.39, 0.29) is 28.5 Å². The lowest BCUT2D eigenvalue weighted by atomic mass is 10.0. The number of hydrogen-bond acceptors (Lipinski definition) is 8. The number of nitrogens with zero attached hydrogens (tertiary/aromatic N) is 5. The molecule has 0 aromatic carbocycles. The summed E-state index contributed by atoms with van der Waals surface area (Å²) >= 11 is 19.0. The molecule has 190 valence electrons. The number of halogens is 3. The van der Waals surface area contributed by atoms with Crippen LogP contribution in [0.5, 0.6) is 0 Å². The molecule has 0 aliphatic heterocycles. The highest BCUT2D eigenvalue weighted by atomic mass is 35.5. The van der Waals surface area contributed by atoms with Crippen LogP contribution in [0.2, 0.25) is 15.5 Å². The maximum Gasteiger partial charge on any atom is 0.328 e. The van der Waals surface area contributed by atoms with Crippen LogP contribution in [-0.4, -0.2) is 61.9 Å². The maximum absolute atomic E-state index is 11.4. The normalized spacial score (nSPS) is 22.4. The second kappa shape index (κ2) is 11.1. The van der Waals surface area contributed by atoms with Gasteiger partial charge in [-0.2, -0.15) is 0 Å². The number of fused-ring (bicyclic) bond motifs is 1. The van der Waals surface area contributed by atoms with E-state index in [9.17, 15) is 10.2 Å². The molecule has 0 spiro atoms. The number of aliphatic hydroxyl groups excluding tert-OH is 1. The molecule has 3 heterocycles. The van der Waals surface area contributed by atoms with E-state index >= 15 is 0 Å². The van der Waals surface area contributed by atoms with Crippen molar-refractivity contribution in [2.45, 2.75) is 51.2 Å². The fourth-order valence-corrected chi connectivity index (χ4v) is 5.05. The summed E-state index contributed by atoms with van der Waals surface area (Å²) in [5.41, 5.74) is -0.620. The Morgan fingerprint density at radius 2 is 1.91 bits per heavy atom. The highest BCUT2D eigenvalue weighted by Gasteiger charge is 2.49. The maximum atomic E-state index is 11.4. The van der Waals surface area contributed by atoms with Crippen LogP contribution in [0.15, 0.2) is 24.9 Å². The smallest absolute Gasteiger partial charge is 0.328 e. The summed E-state index contributed by atoms with van der Waals surface area (Å²) in [4.78, 5) is 18.2. The van der Waals surface area contributed by atoms with Gasteiger partial charge in [-0.1, -0.05) is 11.6 Å². The van der Waals surface area contributed by atoms with E-state index in [1.165, 1.54) is 22.0 Å². The van der Waals surface area contributed by atoms with Gasteiger partial charge in [0.25, 0.3) is 0 Å². The van der Waals surface area contributed by atoms with E-state index in [0.717, 1.165) is 0 Å². The number of aromatic nitrogens is 5. The minimum atomic E-state index is -1.58. The van der Waals surface area contributed by atoms with Crippen LogP contribution in [0.4, 0.5) is 0 Å². The first kappa shape index (κ1) is 26.3. The molecule has 1 saturated carbocycles. The minimum Gasteiger partial charge on any atom is -0.388 e. The van der Waals surface area contributed by atoms with Gasteiger partial charge in [-0.05, 0) is 65.7 Å². The summed E-state index contributed by atoms with van der Waals surface area (Å²) in [5.74, 6) is -0.392. The van der Waals surface area contributed by atoms with E-state index in [4.69, 9.17) is 49.1 Å². The van der Waals surface area contributed by atoms with Gasteiger partial charge in [0.2, 0.25) is 10.3 Å². The van der Waals surface area contributed by atoms with Crippen LogP contribution in [0.1, 0.15) is 32.3 Å². The van der Waals surface area contributed by atoms with Gasteiger partial charge < -0.3 is 29.1 Å². The summed E-state index contributed by atoms with van der Waals surface area (Å²) in [6.45, 7) is 4.75. The summed E-state index contributed by atoms with van der Waals surface area (Å²) in [5, 5.41) is 23.7. The Bertz CT molecular complexity index is 1180. The van der Waals surface area contributed by atoms with Gasteiger partial charge in [-0.25, -0.2) is 9.97 Å². The van der Waals surface area contributed by atoms with E-state index < -0.39 is 24.0 Å². The van der Waals surface area contributed by atoms with Crippen molar-refractivity contribution < 1.29 is 29.3 Å². The third kappa shape index (κ3) is 5.20. The zero-order valence-corrected chi connectivity index (χ0v) is 21.5. The first-order valence-electron chi connectivity index (χ1n) is 11.3. The first-order valence-corrected chi connectivity index (χ1v) is 12.4.